The molecule has 0 aliphatic rings. The standard InChI is InChI=1S/C15H21NO5/c1-4-6-10(15(18)19)9-16-14(17)11-7-5-8-12(20-2)13(11)21-3/h5,7-8,10H,4,6,9H2,1-3H3,(H,16,17)(H,18,19). The van der Waals surface area contributed by atoms with Crippen LogP contribution in [0.1, 0.15) is 30.1 Å². The van der Waals surface area contributed by atoms with Crippen LogP contribution >= 0.6 is 0 Å². The molecule has 1 atom stereocenters. The summed E-state index contributed by atoms with van der Waals surface area (Å²) < 4.78 is 10.3. The lowest BCUT2D eigenvalue weighted by Gasteiger charge is -2.15. The van der Waals surface area contributed by atoms with Crippen LogP contribution in [0.3, 0.4) is 0 Å². The van der Waals surface area contributed by atoms with Crippen molar-refractivity contribution in [3.8, 4) is 11.5 Å². The first-order chi connectivity index (χ1) is 10.0. The summed E-state index contributed by atoms with van der Waals surface area (Å²) in [6.45, 7) is 1.99. The first kappa shape index (κ1) is 16.8. The molecule has 1 aromatic rings. The minimum atomic E-state index is -0.908. The molecule has 0 aliphatic carbocycles. The maximum atomic E-state index is 12.2. The van der Waals surface area contributed by atoms with Crippen molar-refractivity contribution in [2.24, 2.45) is 5.92 Å². The number of carbonyl (C=O) groups is 2. The third-order valence-electron chi connectivity index (χ3n) is 3.14. The molecule has 21 heavy (non-hydrogen) atoms. The van der Waals surface area contributed by atoms with Crippen LogP contribution in [0.25, 0.3) is 0 Å². The lowest BCUT2D eigenvalue weighted by atomic mass is 10.0. The van der Waals surface area contributed by atoms with Crippen molar-refractivity contribution in [3.05, 3.63) is 23.8 Å². The monoisotopic (exact) mass is 295 g/mol. The van der Waals surface area contributed by atoms with Crippen LogP contribution < -0.4 is 14.8 Å². The van der Waals surface area contributed by atoms with Crippen LogP contribution in [-0.2, 0) is 4.79 Å². The number of ether oxygens (including phenoxy) is 2. The summed E-state index contributed by atoms with van der Waals surface area (Å²) >= 11 is 0. The van der Waals surface area contributed by atoms with Gasteiger partial charge in [0.1, 0.15) is 0 Å². The van der Waals surface area contributed by atoms with Crippen LogP contribution in [0.15, 0.2) is 18.2 Å². The predicted octanol–water partition coefficient (Wildman–Crippen LogP) is 1.93. The van der Waals surface area contributed by atoms with E-state index < -0.39 is 11.9 Å². The highest BCUT2D eigenvalue weighted by Crippen LogP contribution is 2.30. The van der Waals surface area contributed by atoms with Crippen molar-refractivity contribution in [3.63, 3.8) is 0 Å². The quantitative estimate of drug-likeness (QED) is 0.765. The molecule has 0 aliphatic heterocycles. The van der Waals surface area contributed by atoms with Gasteiger partial charge < -0.3 is 19.9 Å². The van der Waals surface area contributed by atoms with Crippen LogP contribution in [0, 0.1) is 5.92 Å². The number of hydrogen-bond donors (Lipinski definition) is 2. The summed E-state index contributed by atoms with van der Waals surface area (Å²) in [5, 5.41) is 11.7. The minimum Gasteiger partial charge on any atom is -0.493 e. The average molecular weight is 295 g/mol. The van der Waals surface area contributed by atoms with Gasteiger partial charge >= 0.3 is 5.97 Å². The Morgan fingerprint density at radius 3 is 2.52 bits per heavy atom. The Hall–Kier alpha value is -2.24. The summed E-state index contributed by atoms with van der Waals surface area (Å²) in [7, 11) is 2.94. The molecule has 0 aromatic heterocycles. The van der Waals surface area contributed by atoms with Crippen LogP contribution in [0.5, 0.6) is 11.5 Å². The molecule has 0 radical (unpaired) electrons. The van der Waals surface area contributed by atoms with Gasteiger partial charge in [-0.2, -0.15) is 0 Å². The van der Waals surface area contributed by atoms with E-state index in [0.29, 0.717) is 23.5 Å². The molecule has 1 amide bonds. The second kappa shape index (κ2) is 8.14. The summed E-state index contributed by atoms with van der Waals surface area (Å²) in [4.78, 5) is 23.3. The number of carboxylic acid groups (broad SMARTS) is 1. The zero-order valence-electron chi connectivity index (χ0n) is 12.5. The fraction of sp³-hybridized carbons (Fsp3) is 0.467. The van der Waals surface area contributed by atoms with E-state index in [9.17, 15) is 9.59 Å². The number of rotatable bonds is 8. The van der Waals surface area contributed by atoms with Crippen LogP contribution in [-0.4, -0.2) is 37.7 Å². The number of methoxy groups -OCH3 is 2. The van der Waals surface area contributed by atoms with Crippen LogP contribution in [0.2, 0.25) is 0 Å². The van der Waals surface area contributed by atoms with Crippen LogP contribution in [0.4, 0.5) is 0 Å². The molecule has 0 spiro atoms. The summed E-state index contributed by atoms with van der Waals surface area (Å²) in [6, 6.07) is 4.97. The zero-order valence-corrected chi connectivity index (χ0v) is 12.5. The number of para-hydroxylation sites is 1. The molecule has 6 heteroatoms. The molecule has 1 aromatic carbocycles. The van der Waals surface area contributed by atoms with Gasteiger partial charge in [-0.1, -0.05) is 19.4 Å². The highest BCUT2D eigenvalue weighted by atomic mass is 16.5. The van der Waals surface area contributed by atoms with Gasteiger partial charge in [0.25, 0.3) is 5.91 Å². The first-order valence-electron chi connectivity index (χ1n) is 6.77. The largest absolute Gasteiger partial charge is 0.493 e. The second-order valence-electron chi connectivity index (χ2n) is 4.57. The van der Waals surface area contributed by atoms with E-state index in [2.05, 4.69) is 5.32 Å². The van der Waals surface area contributed by atoms with Crippen molar-refractivity contribution in [2.45, 2.75) is 19.8 Å². The number of carboxylic acids is 1. The van der Waals surface area contributed by atoms with E-state index in [1.807, 2.05) is 6.92 Å². The fourth-order valence-electron chi connectivity index (χ4n) is 2.04. The molecular formula is C15H21NO5. The first-order valence-corrected chi connectivity index (χ1v) is 6.77. The summed E-state index contributed by atoms with van der Waals surface area (Å²) in [6.07, 6.45) is 1.26. The molecule has 116 valence electrons. The van der Waals surface area contributed by atoms with E-state index in [1.54, 1.807) is 18.2 Å². The molecule has 0 saturated carbocycles. The van der Waals surface area contributed by atoms with Gasteiger partial charge in [-0.05, 0) is 18.6 Å². The fourth-order valence-corrected chi connectivity index (χ4v) is 2.04. The molecule has 0 fully saturated rings. The van der Waals surface area contributed by atoms with Gasteiger partial charge in [-0.15, -0.1) is 0 Å². The van der Waals surface area contributed by atoms with Gasteiger partial charge in [0.2, 0.25) is 0 Å². The van der Waals surface area contributed by atoms with Gasteiger partial charge in [0.15, 0.2) is 11.5 Å². The van der Waals surface area contributed by atoms with Crippen molar-refractivity contribution >= 4 is 11.9 Å². The van der Waals surface area contributed by atoms with E-state index in [-0.39, 0.29) is 12.5 Å². The SMILES string of the molecule is CCCC(CNC(=O)c1cccc(OC)c1OC)C(=O)O. The van der Waals surface area contributed by atoms with Gasteiger partial charge in [0.05, 0.1) is 25.7 Å². The van der Waals surface area contributed by atoms with Crippen molar-refractivity contribution < 1.29 is 24.2 Å². The van der Waals surface area contributed by atoms with E-state index in [4.69, 9.17) is 14.6 Å². The molecule has 1 unspecified atom stereocenters. The number of amides is 1. The van der Waals surface area contributed by atoms with E-state index in [1.165, 1.54) is 14.2 Å². The maximum Gasteiger partial charge on any atom is 0.308 e. The third-order valence-corrected chi connectivity index (χ3v) is 3.14. The number of carbonyl (C=O) groups excluding carboxylic acids is 1. The smallest absolute Gasteiger partial charge is 0.308 e. The topological polar surface area (TPSA) is 84.9 Å². The molecule has 2 N–H and O–H groups in total. The molecule has 0 saturated heterocycles. The number of benzene rings is 1. The number of aliphatic carboxylic acids is 1. The maximum absolute atomic E-state index is 12.2. The highest BCUT2D eigenvalue weighted by molar-refractivity contribution is 5.98. The lowest BCUT2D eigenvalue weighted by molar-refractivity contribution is -0.141. The third kappa shape index (κ3) is 4.37. The normalized spacial score (nSPS) is 11.6. The van der Waals surface area contributed by atoms with Crippen molar-refractivity contribution in [1.82, 2.24) is 5.32 Å². The summed E-state index contributed by atoms with van der Waals surface area (Å²) in [5.74, 6) is -1.09. The summed E-state index contributed by atoms with van der Waals surface area (Å²) in [5.41, 5.74) is 0.317. The molecule has 6 nitrogen and oxygen atoms in total. The average Bonchev–Trinajstić information content (AvgIpc) is 2.49. The lowest BCUT2D eigenvalue weighted by Crippen LogP contribution is -2.33. The van der Waals surface area contributed by atoms with E-state index >= 15 is 0 Å². The number of hydrogen-bond acceptors (Lipinski definition) is 4. The highest BCUT2D eigenvalue weighted by Gasteiger charge is 2.20. The Labute approximate surface area is 124 Å². The van der Waals surface area contributed by atoms with Gasteiger partial charge in [-0.25, -0.2) is 0 Å². The zero-order chi connectivity index (χ0) is 15.8. The minimum absolute atomic E-state index is 0.0857. The van der Waals surface area contributed by atoms with Crippen molar-refractivity contribution in [1.29, 1.82) is 0 Å². The van der Waals surface area contributed by atoms with Crippen molar-refractivity contribution in [2.75, 3.05) is 20.8 Å². The molecular weight excluding hydrogens is 274 g/mol. The Balaban J connectivity index is 2.82. The Kier molecular flexibility index (Phi) is 6.52. The Morgan fingerprint density at radius 1 is 1.29 bits per heavy atom. The van der Waals surface area contributed by atoms with Gasteiger partial charge in [0, 0.05) is 6.54 Å². The second-order valence-corrected chi connectivity index (χ2v) is 4.57. The molecule has 1 rings (SSSR count). The number of nitrogens with one attached hydrogen (secondary N) is 1. The molecule has 0 bridgehead atoms. The predicted molar refractivity (Wildman–Crippen MR) is 77.9 cm³/mol. The van der Waals surface area contributed by atoms with E-state index in [0.717, 1.165) is 6.42 Å². The molecule has 0 heterocycles. The Bertz CT molecular complexity index is 501. The van der Waals surface area contributed by atoms with Gasteiger partial charge in [-0.3, -0.25) is 9.59 Å². The Morgan fingerprint density at radius 2 is 2.00 bits per heavy atom.